The fraction of sp³-hybridized carbons (Fsp3) is 0.300. The van der Waals surface area contributed by atoms with Crippen molar-refractivity contribution in [2.24, 2.45) is 0 Å². The lowest BCUT2D eigenvalue weighted by Crippen LogP contribution is -1.97. The van der Waals surface area contributed by atoms with E-state index in [1.54, 1.807) is 0 Å². The van der Waals surface area contributed by atoms with Crippen molar-refractivity contribution in [3.8, 4) is 0 Å². The summed E-state index contributed by atoms with van der Waals surface area (Å²) >= 11 is 4.15. The molecule has 2 aromatic rings. The molecule has 0 spiro atoms. The Morgan fingerprint density at radius 1 is 1.43 bits per heavy atom. The predicted octanol–water partition coefficient (Wildman–Crippen LogP) is 3.16. The molecule has 0 saturated carbocycles. The molecule has 0 bridgehead atoms. The summed E-state index contributed by atoms with van der Waals surface area (Å²) in [5.41, 5.74) is 0. The first kappa shape index (κ1) is 10.2. The number of aromatic nitrogens is 2. The lowest BCUT2D eigenvalue weighted by atomic mass is 10.4. The average Bonchev–Trinajstić information content (AvgIpc) is 2.76. The Morgan fingerprint density at radius 3 is 2.79 bits per heavy atom. The zero-order valence-corrected chi connectivity index (χ0v) is 10.9. The van der Waals surface area contributed by atoms with Gasteiger partial charge in [0.2, 0.25) is 0 Å². The van der Waals surface area contributed by atoms with Gasteiger partial charge in [-0.2, -0.15) is 5.10 Å². The molecule has 2 aromatic heterocycles. The Kier molecular flexibility index (Phi) is 3.22. The maximum atomic E-state index is 4.26. The Morgan fingerprint density at radius 2 is 2.21 bits per heavy atom. The molecule has 4 heteroatoms. The van der Waals surface area contributed by atoms with E-state index >= 15 is 0 Å². The van der Waals surface area contributed by atoms with Crippen LogP contribution in [0.1, 0.15) is 16.7 Å². The molecular formula is C10H11IN2S. The minimum absolute atomic E-state index is 0.896. The maximum Gasteiger partial charge on any atom is 0.0752 e. The third kappa shape index (κ3) is 2.36. The summed E-state index contributed by atoms with van der Waals surface area (Å²) in [6.07, 6.45) is 5.07. The smallest absolute Gasteiger partial charge is 0.0752 e. The highest BCUT2D eigenvalue weighted by atomic mass is 127. The Labute approximate surface area is 101 Å². The molecule has 74 valence electrons. The van der Waals surface area contributed by atoms with Crippen LogP contribution < -0.4 is 0 Å². The van der Waals surface area contributed by atoms with Crippen LogP contribution in [0.4, 0.5) is 0 Å². The van der Waals surface area contributed by atoms with Gasteiger partial charge in [0.05, 0.1) is 16.3 Å². The van der Waals surface area contributed by atoms with Crippen LogP contribution in [0.15, 0.2) is 24.5 Å². The van der Waals surface area contributed by atoms with E-state index < -0.39 is 0 Å². The number of aryl methyl sites for hydroxylation is 1. The van der Waals surface area contributed by atoms with E-state index in [4.69, 9.17) is 0 Å². The van der Waals surface area contributed by atoms with Crippen LogP contribution in [-0.2, 0) is 13.0 Å². The van der Waals surface area contributed by atoms with Crippen LogP contribution in [0, 0.1) is 3.57 Å². The quantitative estimate of drug-likeness (QED) is 0.795. The Hall–Kier alpha value is -0.360. The maximum absolute atomic E-state index is 4.26. The van der Waals surface area contributed by atoms with Gasteiger partial charge in [0.25, 0.3) is 0 Å². The number of hydrogen-bond acceptors (Lipinski definition) is 2. The molecule has 0 saturated heterocycles. The number of halogens is 1. The van der Waals surface area contributed by atoms with Crippen molar-refractivity contribution in [2.45, 2.75) is 19.9 Å². The summed E-state index contributed by atoms with van der Waals surface area (Å²) in [6.45, 7) is 3.08. The molecule has 2 heterocycles. The van der Waals surface area contributed by atoms with Crippen LogP contribution in [-0.4, -0.2) is 9.78 Å². The molecule has 0 radical (unpaired) electrons. The van der Waals surface area contributed by atoms with Crippen molar-refractivity contribution in [1.82, 2.24) is 9.78 Å². The molecule has 14 heavy (non-hydrogen) atoms. The molecule has 0 aliphatic rings. The summed E-state index contributed by atoms with van der Waals surface area (Å²) in [5, 5.41) is 4.26. The number of nitrogens with zero attached hydrogens (tertiary/aromatic N) is 2. The van der Waals surface area contributed by atoms with Crippen molar-refractivity contribution >= 4 is 33.9 Å². The van der Waals surface area contributed by atoms with Gasteiger partial charge in [-0.25, -0.2) is 0 Å². The monoisotopic (exact) mass is 318 g/mol. The van der Waals surface area contributed by atoms with Gasteiger partial charge in [-0.05, 0) is 41.1 Å². The molecule has 0 N–H and O–H groups in total. The van der Waals surface area contributed by atoms with Gasteiger partial charge in [0.15, 0.2) is 0 Å². The predicted molar refractivity (Wildman–Crippen MR) is 67.7 cm³/mol. The lowest BCUT2D eigenvalue weighted by molar-refractivity contribution is 0.694. The number of hydrogen-bond donors (Lipinski definition) is 0. The van der Waals surface area contributed by atoms with E-state index in [0.717, 1.165) is 13.0 Å². The first-order chi connectivity index (χ1) is 6.78. The first-order valence-corrected chi connectivity index (χ1v) is 6.43. The summed E-state index contributed by atoms with van der Waals surface area (Å²) in [4.78, 5) is 2.82. The highest BCUT2D eigenvalue weighted by Gasteiger charge is 2.00. The zero-order valence-electron chi connectivity index (χ0n) is 7.90. The third-order valence-corrected chi connectivity index (χ3v) is 3.76. The Bertz CT molecular complexity index is 419. The molecular weight excluding hydrogens is 307 g/mol. The molecule has 0 atom stereocenters. The van der Waals surface area contributed by atoms with Crippen LogP contribution in [0.5, 0.6) is 0 Å². The molecule has 0 amide bonds. The summed E-state index contributed by atoms with van der Waals surface area (Å²) in [6, 6.07) is 4.40. The van der Waals surface area contributed by atoms with Gasteiger partial charge < -0.3 is 0 Å². The summed E-state index contributed by atoms with van der Waals surface area (Å²) in [7, 11) is 0. The second-order valence-corrected chi connectivity index (χ2v) is 5.58. The SMILES string of the molecule is CCc1ccc(Cn2cc(I)cn2)s1. The van der Waals surface area contributed by atoms with Gasteiger partial charge in [0, 0.05) is 16.0 Å². The summed E-state index contributed by atoms with van der Waals surface area (Å²) in [5.74, 6) is 0. The molecule has 0 aliphatic heterocycles. The van der Waals surface area contributed by atoms with Crippen LogP contribution in [0.2, 0.25) is 0 Å². The fourth-order valence-electron chi connectivity index (χ4n) is 1.28. The van der Waals surface area contributed by atoms with Crippen molar-refractivity contribution in [1.29, 1.82) is 0 Å². The normalized spacial score (nSPS) is 10.7. The highest BCUT2D eigenvalue weighted by molar-refractivity contribution is 14.1. The zero-order chi connectivity index (χ0) is 9.97. The second kappa shape index (κ2) is 4.44. The minimum atomic E-state index is 0.896. The van der Waals surface area contributed by atoms with Gasteiger partial charge >= 0.3 is 0 Å². The van der Waals surface area contributed by atoms with E-state index in [1.165, 1.54) is 13.3 Å². The van der Waals surface area contributed by atoms with Crippen molar-refractivity contribution in [2.75, 3.05) is 0 Å². The van der Waals surface area contributed by atoms with Crippen molar-refractivity contribution in [3.05, 3.63) is 37.9 Å². The summed E-state index contributed by atoms with van der Waals surface area (Å²) < 4.78 is 3.17. The highest BCUT2D eigenvalue weighted by Crippen LogP contribution is 2.18. The van der Waals surface area contributed by atoms with E-state index in [-0.39, 0.29) is 0 Å². The van der Waals surface area contributed by atoms with E-state index in [1.807, 2.05) is 22.2 Å². The molecule has 0 aliphatic carbocycles. The third-order valence-electron chi connectivity index (χ3n) is 1.99. The molecule has 2 rings (SSSR count). The van der Waals surface area contributed by atoms with Crippen LogP contribution in [0.25, 0.3) is 0 Å². The minimum Gasteiger partial charge on any atom is -0.266 e. The van der Waals surface area contributed by atoms with E-state index in [2.05, 4.69) is 52.9 Å². The lowest BCUT2D eigenvalue weighted by Gasteiger charge is -1.96. The van der Waals surface area contributed by atoms with E-state index in [0.29, 0.717) is 0 Å². The topological polar surface area (TPSA) is 17.8 Å². The van der Waals surface area contributed by atoms with Crippen molar-refractivity contribution in [3.63, 3.8) is 0 Å². The van der Waals surface area contributed by atoms with Crippen LogP contribution in [0.3, 0.4) is 0 Å². The first-order valence-electron chi connectivity index (χ1n) is 4.53. The fourth-order valence-corrected chi connectivity index (χ4v) is 2.68. The van der Waals surface area contributed by atoms with Crippen LogP contribution >= 0.6 is 33.9 Å². The van der Waals surface area contributed by atoms with Gasteiger partial charge in [0.1, 0.15) is 0 Å². The second-order valence-electron chi connectivity index (χ2n) is 3.08. The number of thiophene rings is 1. The van der Waals surface area contributed by atoms with Gasteiger partial charge in [-0.1, -0.05) is 6.92 Å². The van der Waals surface area contributed by atoms with Crippen molar-refractivity contribution < 1.29 is 0 Å². The van der Waals surface area contributed by atoms with E-state index in [9.17, 15) is 0 Å². The average molecular weight is 318 g/mol. The number of rotatable bonds is 3. The van der Waals surface area contributed by atoms with Gasteiger partial charge in [-0.3, -0.25) is 4.68 Å². The Balaban J connectivity index is 2.10. The van der Waals surface area contributed by atoms with Gasteiger partial charge in [-0.15, -0.1) is 11.3 Å². The molecule has 2 nitrogen and oxygen atoms in total. The molecule has 0 aromatic carbocycles. The standard InChI is InChI=1S/C10H11IN2S/c1-2-9-3-4-10(14-9)7-13-6-8(11)5-12-13/h3-6H,2,7H2,1H3. The molecule has 0 unspecified atom stereocenters. The largest absolute Gasteiger partial charge is 0.266 e. The molecule has 0 fully saturated rings.